The fourth-order valence-corrected chi connectivity index (χ4v) is 7.93. The number of nitrogens with zero attached hydrogens (tertiary/aromatic N) is 1. The molecule has 0 fully saturated rings. The summed E-state index contributed by atoms with van der Waals surface area (Å²) in [5.41, 5.74) is 6.43. The average Bonchev–Trinajstić information content (AvgIpc) is 3.24. The minimum absolute atomic E-state index is 0.00187. The van der Waals surface area contributed by atoms with Gasteiger partial charge < -0.3 is 30.7 Å². The number of amides is 3. The Morgan fingerprint density at radius 3 is 1.03 bits per heavy atom. The molecule has 0 unspecified atom stereocenters. The smallest absolute Gasteiger partial charge is 0.239 e. The van der Waals surface area contributed by atoms with Gasteiger partial charge in [0.05, 0.1) is 32.5 Å². The summed E-state index contributed by atoms with van der Waals surface area (Å²) in [5, 5.41) is 5.69. The van der Waals surface area contributed by atoms with Crippen molar-refractivity contribution in [1.29, 1.82) is 0 Å². The lowest BCUT2D eigenvalue weighted by atomic mass is 10.0. The SMILES string of the molecule is CCCCCCCCCCCCCCCCCCN(CCCCCCCCCCCCCCCCCC)C(=O)[C@H](N)CCC(=O)NCCOCCOCCNC(=O)CCC. The maximum Gasteiger partial charge on any atom is 0.239 e. The second kappa shape index (κ2) is 48.3. The van der Waals surface area contributed by atoms with Crippen LogP contribution in [0.4, 0.5) is 0 Å². The van der Waals surface area contributed by atoms with Gasteiger partial charge in [-0.1, -0.05) is 213 Å². The molecule has 0 aliphatic carbocycles. The van der Waals surface area contributed by atoms with Crippen molar-refractivity contribution in [2.75, 3.05) is 52.6 Å². The van der Waals surface area contributed by atoms with Gasteiger partial charge in [-0.25, -0.2) is 0 Å². The summed E-state index contributed by atoms with van der Waals surface area (Å²) in [6, 6.07) is -0.655. The zero-order valence-electron chi connectivity index (χ0n) is 40.3. The molecule has 0 heterocycles. The molecule has 9 nitrogen and oxygen atoms in total. The van der Waals surface area contributed by atoms with Crippen LogP contribution in [0.15, 0.2) is 0 Å². The summed E-state index contributed by atoms with van der Waals surface area (Å²) in [6.07, 6.45) is 44.7. The Labute approximate surface area is 372 Å². The van der Waals surface area contributed by atoms with Crippen LogP contribution in [-0.4, -0.2) is 81.3 Å². The fourth-order valence-electron chi connectivity index (χ4n) is 7.93. The Morgan fingerprint density at radius 2 is 0.717 bits per heavy atom. The van der Waals surface area contributed by atoms with Gasteiger partial charge in [-0.3, -0.25) is 14.4 Å². The number of nitrogens with one attached hydrogen (secondary N) is 2. The maximum absolute atomic E-state index is 13.5. The third-order valence-corrected chi connectivity index (χ3v) is 11.9. The van der Waals surface area contributed by atoms with E-state index in [9.17, 15) is 14.4 Å². The summed E-state index contributed by atoms with van der Waals surface area (Å²) in [4.78, 5) is 39.5. The van der Waals surface area contributed by atoms with E-state index in [1.165, 1.54) is 180 Å². The zero-order valence-corrected chi connectivity index (χ0v) is 40.3. The molecule has 0 bridgehead atoms. The summed E-state index contributed by atoms with van der Waals surface area (Å²) < 4.78 is 11.0. The zero-order chi connectivity index (χ0) is 43.8. The number of unbranched alkanes of at least 4 members (excludes halogenated alkanes) is 30. The van der Waals surface area contributed by atoms with Crippen LogP contribution >= 0.6 is 0 Å². The largest absolute Gasteiger partial charge is 0.377 e. The summed E-state index contributed by atoms with van der Waals surface area (Å²) >= 11 is 0. The quantitative estimate of drug-likeness (QED) is 0.0524. The number of nitrogens with two attached hydrogens (primary N) is 1. The standard InChI is InChI=1S/C51H102N4O5/c1-4-7-9-11-13-15-17-19-21-23-25-27-29-31-33-35-42-55(43-36-34-32-30-28-26-24-22-20-18-16-14-12-10-8-5-2)51(58)48(52)38-39-50(57)54-41-45-60-47-46-59-44-40-53-49(56)37-6-3/h48H,4-47,52H2,1-3H3,(H,53,56)(H,54,57)/t48-/m1/s1. The van der Waals surface area contributed by atoms with E-state index in [-0.39, 0.29) is 24.1 Å². The van der Waals surface area contributed by atoms with Gasteiger partial charge in [0.2, 0.25) is 17.7 Å². The first kappa shape index (κ1) is 58.3. The van der Waals surface area contributed by atoms with Crippen molar-refractivity contribution in [2.45, 2.75) is 258 Å². The van der Waals surface area contributed by atoms with Crippen molar-refractivity contribution >= 4 is 17.7 Å². The van der Waals surface area contributed by atoms with Crippen LogP contribution in [0.1, 0.15) is 252 Å². The molecule has 0 aromatic heterocycles. The van der Waals surface area contributed by atoms with Gasteiger partial charge >= 0.3 is 0 Å². The predicted molar refractivity (Wildman–Crippen MR) is 255 cm³/mol. The predicted octanol–water partition coefficient (Wildman–Crippen LogP) is 12.5. The monoisotopic (exact) mass is 851 g/mol. The highest BCUT2D eigenvalue weighted by Crippen LogP contribution is 2.16. The fraction of sp³-hybridized carbons (Fsp3) is 0.941. The molecule has 0 aliphatic heterocycles. The molecule has 1 atom stereocenters. The lowest BCUT2D eigenvalue weighted by Crippen LogP contribution is -2.45. The van der Waals surface area contributed by atoms with Gasteiger partial charge in [0.15, 0.2) is 0 Å². The van der Waals surface area contributed by atoms with Gasteiger partial charge in [0.1, 0.15) is 0 Å². The highest BCUT2D eigenvalue weighted by Gasteiger charge is 2.21. The van der Waals surface area contributed by atoms with Gasteiger partial charge in [-0.05, 0) is 25.7 Å². The van der Waals surface area contributed by atoms with Crippen molar-refractivity contribution in [3.8, 4) is 0 Å². The van der Waals surface area contributed by atoms with E-state index >= 15 is 0 Å². The van der Waals surface area contributed by atoms with E-state index in [1.54, 1.807) is 0 Å². The van der Waals surface area contributed by atoms with Crippen molar-refractivity contribution in [2.24, 2.45) is 5.73 Å². The minimum atomic E-state index is -0.655. The molecule has 0 radical (unpaired) electrons. The molecule has 4 N–H and O–H groups in total. The Kier molecular flexibility index (Phi) is 46.9. The Hall–Kier alpha value is -1.71. The van der Waals surface area contributed by atoms with Gasteiger partial charge in [-0.15, -0.1) is 0 Å². The highest BCUT2D eigenvalue weighted by atomic mass is 16.5. The number of carbonyl (C=O) groups excluding carboxylic acids is 3. The van der Waals surface area contributed by atoms with Crippen LogP contribution in [0.25, 0.3) is 0 Å². The first-order chi connectivity index (χ1) is 29.5. The van der Waals surface area contributed by atoms with E-state index in [1.807, 2.05) is 11.8 Å². The van der Waals surface area contributed by atoms with Gasteiger partial charge in [-0.2, -0.15) is 0 Å². The molecule has 0 aromatic rings. The molecule has 0 saturated heterocycles. The highest BCUT2D eigenvalue weighted by molar-refractivity contribution is 5.83. The van der Waals surface area contributed by atoms with E-state index in [0.29, 0.717) is 52.4 Å². The number of hydrogen-bond acceptors (Lipinski definition) is 6. The third-order valence-electron chi connectivity index (χ3n) is 11.9. The average molecular weight is 851 g/mol. The molecule has 0 aromatic carbocycles. The van der Waals surface area contributed by atoms with E-state index < -0.39 is 6.04 Å². The number of carbonyl (C=O) groups is 3. The maximum atomic E-state index is 13.5. The second-order valence-corrected chi connectivity index (χ2v) is 17.8. The molecule has 9 heteroatoms. The molecular weight excluding hydrogens is 749 g/mol. The van der Waals surface area contributed by atoms with Crippen LogP contribution < -0.4 is 16.4 Å². The van der Waals surface area contributed by atoms with Crippen LogP contribution in [0.2, 0.25) is 0 Å². The van der Waals surface area contributed by atoms with Crippen LogP contribution in [0.3, 0.4) is 0 Å². The lowest BCUT2D eigenvalue weighted by molar-refractivity contribution is -0.133. The molecule has 0 rings (SSSR count). The van der Waals surface area contributed by atoms with Crippen LogP contribution in [0, 0.1) is 0 Å². The summed E-state index contributed by atoms with van der Waals surface area (Å²) in [6.45, 7) is 10.7. The Bertz CT molecular complexity index is 886. The summed E-state index contributed by atoms with van der Waals surface area (Å²) in [7, 11) is 0. The van der Waals surface area contributed by atoms with Crippen LogP contribution in [-0.2, 0) is 23.9 Å². The normalized spacial score (nSPS) is 11.9. The van der Waals surface area contributed by atoms with Crippen molar-refractivity contribution in [3.63, 3.8) is 0 Å². The second-order valence-electron chi connectivity index (χ2n) is 17.8. The van der Waals surface area contributed by atoms with Crippen molar-refractivity contribution in [3.05, 3.63) is 0 Å². The molecule has 0 saturated carbocycles. The number of ether oxygens (including phenoxy) is 2. The first-order valence-corrected chi connectivity index (χ1v) is 26.2. The molecule has 356 valence electrons. The number of hydrogen-bond donors (Lipinski definition) is 3. The van der Waals surface area contributed by atoms with Crippen LogP contribution in [0.5, 0.6) is 0 Å². The molecule has 0 aliphatic rings. The van der Waals surface area contributed by atoms with E-state index in [2.05, 4.69) is 24.5 Å². The summed E-state index contributed by atoms with van der Waals surface area (Å²) in [5.74, 6) is -0.0621. The molecule has 60 heavy (non-hydrogen) atoms. The number of rotatable bonds is 49. The molecular formula is C51H102N4O5. The lowest BCUT2D eigenvalue weighted by Gasteiger charge is -2.26. The van der Waals surface area contributed by atoms with E-state index in [0.717, 1.165) is 45.2 Å². The Balaban J connectivity index is 4.33. The third kappa shape index (κ3) is 43.0. The minimum Gasteiger partial charge on any atom is -0.377 e. The van der Waals surface area contributed by atoms with Crippen molar-refractivity contribution < 1.29 is 23.9 Å². The molecule has 3 amide bonds. The van der Waals surface area contributed by atoms with E-state index in [4.69, 9.17) is 15.2 Å². The molecule has 0 spiro atoms. The van der Waals surface area contributed by atoms with Gasteiger partial charge in [0.25, 0.3) is 0 Å². The van der Waals surface area contributed by atoms with Gasteiger partial charge in [0, 0.05) is 39.0 Å². The first-order valence-electron chi connectivity index (χ1n) is 26.2. The topological polar surface area (TPSA) is 123 Å². The Morgan fingerprint density at radius 1 is 0.417 bits per heavy atom. The van der Waals surface area contributed by atoms with Crippen molar-refractivity contribution in [1.82, 2.24) is 15.5 Å².